The minimum atomic E-state index is -3.67. The predicted molar refractivity (Wildman–Crippen MR) is 102 cm³/mol. The number of aromatic nitrogens is 2. The van der Waals surface area contributed by atoms with Crippen molar-refractivity contribution < 1.29 is 22.7 Å². The van der Waals surface area contributed by atoms with E-state index in [2.05, 4.69) is 15.3 Å². The Morgan fingerprint density at radius 1 is 1.21 bits per heavy atom. The summed E-state index contributed by atoms with van der Waals surface area (Å²) < 4.78 is 38.2. The van der Waals surface area contributed by atoms with E-state index in [1.807, 2.05) is 0 Å². The van der Waals surface area contributed by atoms with Gasteiger partial charge in [0.25, 0.3) is 0 Å². The second-order valence-electron chi connectivity index (χ2n) is 6.35. The van der Waals surface area contributed by atoms with Gasteiger partial charge in [-0.3, -0.25) is 9.78 Å². The minimum Gasteiger partial charge on any atom is -0.480 e. The van der Waals surface area contributed by atoms with Crippen LogP contribution in [0.2, 0.25) is 0 Å². The lowest BCUT2D eigenvalue weighted by atomic mass is 10.1. The number of hydrogen-bond donors (Lipinski definition) is 1. The van der Waals surface area contributed by atoms with Crippen LogP contribution in [0, 0.1) is 0 Å². The third kappa shape index (κ3) is 4.76. The molecule has 1 unspecified atom stereocenters. The molecule has 1 aromatic heterocycles. The Kier molecular flexibility index (Phi) is 6.10. The molecular formula is C18H22N4O5S. The van der Waals surface area contributed by atoms with Gasteiger partial charge in [0.2, 0.25) is 27.7 Å². The van der Waals surface area contributed by atoms with Crippen LogP contribution in [0.15, 0.2) is 41.6 Å². The summed E-state index contributed by atoms with van der Waals surface area (Å²) in [6, 6.07) is 6.10. The molecule has 0 bridgehead atoms. The molecule has 0 saturated carbocycles. The number of anilines is 1. The fourth-order valence-electron chi connectivity index (χ4n) is 2.94. The van der Waals surface area contributed by atoms with Crippen LogP contribution in [0.5, 0.6) is 11.8 Å². The highest BCUT2D eigenvalue weighted by molar-refractivity contribution is 7.89. The van der Waals surface area contributed by atoms with E-state index >= 15 is 0 Å². The van der Waals surface area contributed by atoms with Crippen LogP contribution in [0.25, 0.3) is 0 Å². The molecule has 10 heteroatoms. The van der Waals surface area contributed by atoms with Crippen LogP contribution in [0.4, 0.5) is 5.69 Å². The number of nitrogens with zero attached hydrogens (tertiary/aromatic N) is 3. The molecule has 1 aliphatic rings. The third-order valence-corrected chi connectivity index (χ3v) is 6.12. The number of amides is 1. The number of rotatable bonds is 6. The van der Waals surface area contributed by atoms with Gasteiger partial charge < -0.3 is 14.8 Å². The van der Waals surface area contributed by atoms with Crippen molar-refractivity contribution in [3.63, 3.8) is 0 Å². The topological polar surface area (TPSA) is 111 Å². The Hall–Kier alpha value is -2.72. The molecule has 2 aromatic rings. The molecular weight excluding hydrogens is 384 g/mol. The molecule has 1 atom stereocenters. The zero-order valence-corrected chi connectivity index (χ0v) is 16.5. The first-order chi connectivity index (χ1) is 13.4. The van der Waals surface area contributed by atoms with E-state index in [-0.39, 0.29) is 23.5 Å². The van der Waals surface area contributed by atoms with Crippen LogP contribution < -0.4 is 14.8 Å². The largest absolute Gasteiger partial charge is 0.480 e. The van der Waals surface area contributed by atoms with E-state index in [0.717, 1.165) is 0 Å². The summed E-state index contributed by atoms with van der Waals surface area (Å²) in [5.74, 6) is 0.410. The third-order valence-electron chi connectivity index (χ3n) is 4.24. The molecule has 2 heterocycles. The second kappa shape index (κ2) is 8.53. The van der Waals surface area contributed by atoms with Gasteiger partial charge in [0.15, 0.2) is 0 Å². The summed E-state index contributed by atoms with van der Waals surface area (Å²) in [7, 11) is -2.18. The normalized spacial score (nSPS) is 17.7. The summed E-state index contributed by atoms with van der Waals surface area (Å²) in [5.41, 5.74) is 0.544. The second-order valence-corrected chi connectivity index (χ2v) is 8.29. The Morgan fingerprint density at radius 2 is 1.93 bits per heavy atom. The fraction of sp³-hybridized carbons (Fsp3) is 0.389. The maximum atomic E-state index is 13.0. The monoisotopic (exact) mass is 406 g/mol. The summed E-state index contributed by atoms with van der Waals surface area (Å²) in [6.45, 7) is 2.03. The maximum absolute atomic E-state index is 13.0. The van der Waals surface area contributed by atoms with Crippen molar-refractivity contribution in [1.82, 2.24) is 14.3 Å². The fourth-order valence-corrected chi connectivity index (χ4v) is 4.45. The lowest BCUT2D eigenvalue weighted by molar-refractivity contribution is -0.114. The van der Waals surface area contributed by atoms with Gasteiger partial charge in [0, 0.05) is 19.2 Å². The van der Waals surface area contributed by atoms with E-state index in [4.69, 9.17) is 9.47 Å². The van der Waals surface area contributed by atoms with E-state index in [0.29, 0.717) is 36.8 Å². The Balaban J connectivity index is 1.70. The molecule has 0 aliphatic carbocycles. The number of ether oxygens (including phenoxy) is 2. The smallest absolute Gasteiger partial charge is 0.243 e. The molecule has 0 radical (unpaired) electrons. The number of piperidine rings is 1. The Morgan fingerprint density at radius 3 is 2.61 bits per heavy atom. The summed E-state index contributed by atoms with van der Waals surface area (Å²) in [4.78, 5) is 19.4. The number of hydrogen-bond acceptors (Lipinski definition) is 7. The number of benzene rings is 1. The zero-order chi connectivity index (χ0) is 20.1. The number of nitrogens with one attached hydrogen (secondary N) is 1. The zero-order valence-electron chi connectivity index (χ0n) is 15.7. The summed E-state index contributed by atoms with van der Waals surface area (Å²) in [5, 5.41) is 2.62. The van der Waals surface area contributed by atoms with Gasteiger partial charge in [-0.05, 0) is 37.1 Å². The van der Waals surface area contributed by atoms with E-state index in [1.165, 1.54) is 42.9 Å². The maximum Gasteiger partial charge on any atom is 0.243 e. The Bertz CT molecular complexity index is 933. The average molecular weight is 406 g/mol. The predicted octanol–water partition coefficient (Wildman–Crippen LogP) is 1.68. The molecule has 1 aliphatic heterocycles. The van der Waals surface area contributed by atoms with Gasteiger partial charge in [-0.1, -0.05) is 0 Å². The number of sulfonamides is 1. The van der Waals surface area contributed by atoms with Gasteiger partial charge >= 0.3 is 0 Å². The first-order valence-corrected chi connectivity index (χ1v) is 10.2. The van der Waals surface area contributed by atoms with Gasteiger partial charge in [-0.25, -0.2) is 8.42 Å². The van der Waals surface area contributed by atoms with Crippen molar-refractivity contribution in [3.05, 3.63) is 36.7 Å². The standard InChI is InChI=1S/C18H22N4O5S/c1-13(23)20-14-5-7-16(8-6-14)28(24,25)22-9-3-4-15(12-22)27-18-11-19-10-17(21-18)26-2/h5-8,10-11,15H,3-4,9,12H2,1-2H3,(H,20,23). The molecule has 1 fully saturated rings. The molecule has 3 rings (SSSR count). The van der Waals surface area contributed by atoms with Crippen molar-refractivity contribution in [1.29, 1.82) is 0 Å². The van der Waals surface area contributed by atoms with E-state index in [1.54, 1.807) is 12.1 Å². The summed E-state index contributed by atoms with van der Waals surface area (Å²) in [6.07, 6.45) is 3.99. The van der Waals surface area contributed by atoms with Crippen molar-refractivity contribution in [2.75, 3.05) is 25.5 Å². The van der Waals surface area contributed by atoms with E-state index in [9.17, 15) is 13.2 Å². The highest BCUT2D eigenvalue weighted by Gasteiger charge is 2.31. The van der Waals surface area contributed by atoms with Crippen LogP contribution in [-0.2, 0) is 14.8 Å². The van der Waals surface area contributed by atoms with Crippen molar-refractivity contribution in [3.8, 4) is 11.8 Å². The molecule has 0 spiro atoms. The molecule has 1 N–H and O–H groups in total. The number of carbonyl (C=O) groups is 1. The van der Waals surface area contributed by atoms with Crippen LogP contribution in [-0.4, -0.2) is 54.9 Å². The SMILES string of the molecule is COc1cncc(OC2CCCN(S(=O)(=O)c3ccc(NC(C)=O)cc3)C2)n1. The van der Waals surface area contributed by atoms with Crippen LogP contribution in [0.3, 0.4) is 0 Å². The molecule has 1 amide bonds. The summed E-state index contributed by atoms with van der Waals surface area (Å²) >= 11 is 0. The van der Waals surface area contributed by atoms with Gasteiger partial charge in [-0.2, -0.15) is 9.29 Å². The number of methoxy groups -OCH3 is 1. The van der Waals surface area contributed by atoms with Crippen molar-refractivity contribution in [2.24, 2.45) is 0 Å². The highest BCUT2D eigenvalue weighted by Crippen LogP contribution is 2.24. The van der Waals surface area contributed by atoms with Gasteiger partial charge in [0.1, 0.15) is 6.10 Å². The van der Waals surface area contributed by atoms with Crippen molar-refractivity contribution in [2.45, 2.75) is 30.8 Å². The quantitative estimate of drug-likeness (QED) is 0.777. The highest BCUT2D eigenvalue weighted by atomic mass is 32.2. The van der Waals surface area contributed by atoms with Gasteiger partial charge in [-0.15, -0.1) is 0 Å². The van der Waals surface area contributed by atoms with Crippen LogP contribution >= 0.6 is 0 Å². The lowest BCUT2D eigenvalue weighted by Crippen LogP contribution is -2.44. The lowest BCUT2D eigenvalue weighted by Gasteiger charge is -2.31. The first kappa shape index (κ1) is 20.0. The molecule has 9 nitrogen and oxygen atoms in total. The minimum absolute atomic E-state index is 0.170. The molecule has 150 valence electrons. The van der Waals surface area contributed by atoms with Crippen molar-refractivity contribution >= 4 is 21.6 Å². The Labute approximate surface area is 163 Å². The average Bonchev–Trinajstić information content (AvgIpc) is 2.68. The van der Waals surface area contributed by atoms with Gasteiger partial charge in [0.05, 0.1) is 30.9 Å². The molecule has 28 heavy (non-hydrogen) atoms. The number of carbonyl (C=O) groups excluding carboxylic acids is 1. The van der Waals surface area contributed by atoms with Crippen LogP contribution in [0.1, 0.15) is 19.8 Å². The molecule has 1 aromatic carbocycles. The molecule has 1 saturated heterocycles. The van der Waals surface area contributed by atoms with E-state index < -0.39 is 10.0 Å². The first-order valence-electron chi connectivity index (χ1n) is 8.79.